The van der Waals surface area contributed by atoms with E-state index in [9.17, 15) is 28.2 Å². The van der Waals surface area contributed by atoms with Gasteiger partial charge in [-0.1, -0.05) is 23.2 Å². The molecule has 0 atom stereocenters. The lowest BCUT2D eigenvalue weighted by atomic mass is 10.0. The molecule has 0 spiro atoms. The van der Waals surface area contributed by atoms with Crippen LogP contribution in [0.1, 0.15) is 5.56 Å². The molecule has 0 unspecified atom stereocenters. The van der Waals surface area contributed by atoms with Crippen molar-refractivity contribution in [2.75, 3.05) is 0 Å². The van der Waals surface area contributed by atoms with Gasteiger partial charge < -0.3 is 15.2 Å². The highest BCUT2D eigenvalue weighted by Crippen LogP contribution is 2.41. The summed E-state index contributed by atoms with van der Waals surface area (Å²) in [5.41, 5.74) is -1.20. The van der Waals surface area contributed by atoms with Gasteiger partial charge in [0.2, 0.25) is 0 Å². The molecule has 0 radical (unpaired) electrons. The lowest BCUT2D eigenvalue weighted by molar-refractivity contribution is -0.137. The minimum absolute atomic E-state index is 0.0603. The summed E-state index contributed by atoms with van der Waals surface area (Å²) in [5.74, 6) is -0.787. The normalized spacial score (nSPS) is 11.9. The van der Waals surface area contributed by atoms with Gasteiger partial charge in [-0.2, -0.15) is 13.2 Å². The highest BCUT2D eigenvalue weighted by molar-refractivity contribution is 6.35. The van der Waals surface area contributed by atoms with E-state index in [1.807, 2.05) is 0 Å². The zero-order valence-electron chi connectivity index (χ0n) is 14.8. The number of aromatic nitrogens is 2. The van der Waals surface area contributed by atoms with Crippen molar-refractivity contribution >= 4 is 34.2 Å². The number of nitrogens with zero attached hydrogens (tertiary/aromatic N) is 1. The lowest BCUT2D eigenvalue weighted by Gasteiger charge is -2.13. The maximum atomic E-state index is 13.0. The van der Waals surface area contributed by atoms with Gasteiger partial charge in [-0.25, -0.2) is 4.79 Å². The highest BCUT2D eigenvalue weighted by Gasteiger charge is 2.31. The van der Waals surface area contributed by atoms with Gasteiger partial charge in [0.15, 0.2) is 0 Å². The Balaban J connectivity index is 1.97. The van der Waals surface area contributed by atoms with Crippen LogP contribution in [0, 0.1) is 0 Å². The molecule has 0 saturated heterocycles. The number of phenolic OH excluding ortho intramolecular Hbond substituents is 2. The number of hydrogen-bond acceptors (Lipinski definition) is 3. The fourth-order valence-corrected chi connectivity index (χ4v) is 3.58. The van der Waals surface area contributed by atoms with Crippen molar-refractivity contribution in [3.8, 4) is 28.3 Å². The molecular formula is C20H11Cl2F3N2O3. The van der Waals surface area contributed by atoms with Crippen LogP contribution in [-0.2, 0) is 6.18 Å². The smallest absolute Gasteiger partial charge is 0.416 e. The van der Waals surface area contributed by atoms with Crippen molar-refractivity contribution in [1.29, 1.82) is 0 Å². The SMILES string of the molecule is O=c1[nH]c2cc(C(F)(F)F)ccc2n1-c1cc(-c2cc(Cl)ccc2Cl)c(O)cc1O. The van der Waals surface area contributed by atoms with Crippen LogP contribution < -0.4 is 5.69 Å². The summed E-state index contributed by atoms with van der Waals surface area (Å²) in [6.45, 7) is 0. The molecule has 5 nitrogen and oxygen atoms in total. The first-order valence-corrected chi connectivity index (χ1v) is 9.15. The fourth-order valence-electron chi connectivity index (χ4n) is 3.19. The Morgan fingerprint density at radius 3 is 2.33 bits per heavy atom. The Hall–Kier alpha value is -3.10. The Morgan fingerprint density at radius 2 is 1.63 bits per heavy atom. The van der Waals surface area contributed by atoms with E-state index in [4.69, 9.17) is 23.2 Å². The Kier molecular flexibility index (Phi) is 4.71. The van der Waals surface area contributed by atoms with E-state index in [1.54, 1.807) is 6.07 Å². The number of halogens is 5. The molecule has 0 fully saturated rings. The van der Waals surface area contributed by atoms with E-state index in [0.29, 0.717) is 10.6 Å². The van der Waals surface area contributed by atoms with Gasteiger partial charge in [0.05, 0.1) is 22.3 Å². The second-order valence-electron chi connectivity index (χ2n) is 6.48. The molecular weight excluding hydrogens is 444 g/mol. The van der Waals surface area contributed by atoms with Crippen LogP contribution in [-0.4, -0.2) is 19.8 Å². The number of aromatic amines is 1. The first kappa shape index (κ1) is 20.2. The average Bonchev–Trinajstić information content (AvgIpc) is 2.98. The summed E-state index contributed by atoms with van der Waals surface area (Å²) in [6.07, 6.45) is -4.58. The van der Waals surface area contributed by atoms with Crippen LogP contribution in [0.3, 0.4) is 0 Å². The van der Waals surface area contributed by atoms with Gasteiger partial charge in [0, 0.05) is 27.2 Å². The molecule has 0 aliphatic carbocycles. The summed E-state index contributed by atoms with van der Waals surface area (Å²) < 4.78 is 39.9. The van der Waals surface area contributed by atoms with Crippen molar-refractivity contribution in [3.63, 3.8) is 0 Å². The first-order valence-electron chi connectivity index (χ1n) is 8.40. The maximum Gasteiger partial charge on any atom is 0.416 e. The number of phenols is 2. The number of H-pyrrole nitrogens is 1. The molecule has 10 heteroatoms. The lowest BCUT2D eigenvalue weighted by Crippen LogP contribution is -2.14. The van der Waals surface area contributed by atoms with E-state index in [-0.39, 0.29) is 33.1 Å². The molecule has 0 bridgehead atoms. The number of benzene rings is 3. The van der Waals surface area contributed by atoms with Crippen molar-refractivity contribution < 1.29 is 23.4 Å². The average molecular weight is 455 g/mol. The second kappa shape index (κ2) is 7.00. The molecule has 3 aromatic carbocycles. The van der Waals surface area contributed by atoms with E-state index >= 15 is 0 Å². The minimum atomic E-state index is -4.58. The fraction of sp³-hybridized carbons (Fsp3) is 0.0500. The molecule has 4 aromatic rings. The van der Waals surface area contributed by atoms with Crippen molar-refractivity contribution in [1.82, 2.24) is 9.55 Å². The largest absolute Gasteiger partial charge is 0.507 e. The van der Waals surface area contributed by atoms with Crippen molar-refractivity contribution in [2.45, 2.75) is 6.18 Å². The van der Waals surface area contributed by atoms with Crippen molar-refractivity contribution in [3.05, 3.63) is 74.6 Å². The molecule has 1 aromatic heterocycles. The molecule has 0 saturated carbocycles. The van der Waals surface area contributed by atoms with Crippen molar-refractivity contribution in [2.24, 2.45) is 0 Å². The number of alkyl halides is 3. The summed E-state index contributed by atoms with van der Waals surface area (Å²) >= 11 is 12.2. The third-order valence-corrected chi connectivity index (χ3v) is 5.13. The summed E-state index contributed by atoms with van der Waals surface area (Å²) in [6, 6.07) is 9.63. The van der Waals surface area contributed by atoms with E-state index < -0.39 is 23.2 Å². The molecule has 154 valence electrons. The van der Waals surface area contributed by atoms with Gasteiger partial charge in [0.1, 0.15) is 11.5 Å². The standard InChI is InChI=1S/C20H11Cl2F3N2O3/c21-10-2-3-13(22)11(6-10)12-7-16(18(29)8-17(12)28)27-15-4-1-9(20(23,24)25)5-14(15)26-19(27)30/h1-8,28-29H,(H,26,30). The number of hydrogen-bond donors (Lipinski definition) is 3. The van der Waals surface area contributed by atoms with Crippen LogP contribution in [0.25, 0.3) is 27.8 Å². The zero-order valence-corrected chi connectivity index (χ0v) is 16.3. The minimum Gasteiger partial charge on any atom is -0.507 e. The van der Waals surface area contributed by atoms with Gasteiger partial charge in [-0.15, -0.1) is 0 Å². The number of fused-ring (bicyclic) bond motifs is 1. The van der Waals surface area contributed by atoms with Gasteiger partial charge >= 0.3 is 11.9 Å². The number of imidazole rings is 1. The monoisotopic (exact) mass is 454 g/mol. The Morgan fingerprint density at radius 1 is 0.900 bits per heavy atom. The summed E-state index contributed by atoms with van der Waals surface area (Å²) in [5, 5.41) is 21.3. The Labute approximate surface area is 176 Å². The number of rotatable bonds is 2. The van der Waals surface area contributed by atoms with Crippen LogP contribution in [0.2, 0.25) is 10.0 Å². The zero-order chi connectivity index (χ0) is 21.8. The topological polar surface area (TPSA) is 78.2 Å². The summed E-state index contributed by atoms with van der Waals surface area (Å²) in [7, 11) is 0. The molecule has 3 N–H and O–H groups in total. The van der Waals surface area contributed by atoms with E-state index in [2.05, 4.69) is 4.98 Å². The van der Waals surface area contributed by atoms with Crippen LogP contribution in [0.15, 0.2) is 53.3 Å². The highest BCUT2D eigenvalue weighted by atomic mass is 35.5. The molecule has 4 rings (SSSR count). The molecule has 0 aliphatic heterocycles. The third kappa shape index (κ3) is 3.38. The van der Waals surface area contributed by atoms with E-state index in [1.165, 1.54) is 18.2 Å². The quantitative estimate of drug-likeness (QED) is 0.362. The molecule has 0 amide bonds. The molecule has 30 heavy (non-hydrogen) atoms. The van der Waals surface area contributed by atoms with Crippen LogP contribution in [0.4, 0.5) is 13.2 Å². The van der Waals surface area contributed by atoms with Gasteiger partial charge in [-0.05, 0) is 42.5 Å². The second-order valence-corrected chi connectivity index (χ2v) is 7.32. The predicted octanol–water partition coefficient (Wildman–Crippen LogP) is 5.72. The van der Waals surface area contributed by atoms with Crippen LogP contribution in [0.5, 0.6) is 11.5 Å². The number of nitrogens with one attached hydrogen (secondary N) is 1. The number of aromatic hydroxyl groups is 2. The van der Waals surface area contributed by atoms with Gasteiger partial charge in [-0.3, -0.25) is 4.57 Å². The van der Waals surface area contributed by atoms with E-state index in [0.717, 1.165) is 28.8 Å². The predicted molar refractivity (Wildman–Crippen MR) is 108 cm³/mol. The van der Waals surface area contributed by atoms with Crippen LogP contribution >= 0.6 is 23.2 Å². The molecule has 1 heterocycles. The summed E-state index contributed by atoms with van der Waals surface area (Å²) in [4.78, 5) is 14.9. The maximum absolute atomic E-state index is 13.0. The first-order chi connectivity index (χ1) is 14.1. The Bertz CT molecular complexity index is 1360. The third-order valence-electron chi connectivity index (χ3n) is 4.56. The van der Waals surface area contributed by atoms with Gasteiger partial charge in [0.25, 0.3) is 0 Å². The molecule has 0 aliphatic rings.